The van der Waals surface area contributed by atoms with E-state index in [-0.39, 0.29) is 11.8 Å². The summed E-state index contributed by atoms with van der Waals surface area (Å²) in [5.74, 6) is 0.118. The SMILES string of the molecule is O=S1(=O)CC(NCc2cccc(Cl)c2)c2ccccc21. The molecule has 0 aliphatic carbocycles. The standard InChI is InChI=1S/C15H14ClNO2S/c16-12-5-3-4-11(8-12)9-17-14-10-20(18,19)15-7-2-1-6-13(14)15/h1-8,14,17H,9-10H2. The van der Waals surface area contributed by atoms with Crippen LogP contribution < -0.4 is 5.32 Å². The minimum atomic E-state index is -3.16. The zero-order chi connectivity index (χ0) is 14.2. The van der Waals surface area contributed by atoms with Gasteiger partial charge in [0.25, 0.3) is 0 Å². The summed E-state index contributed by atoms with van der Waals surface area (Å²) >= 11 is 5.94. The van der Waals surface area contributed by atoms with Crippen molar-refractivity contribution in [2.24, 2.45) is 0 Å². The molecule has 0 fully saturated rings. The molecule has 3 rings (SSSR count). The minimum Gasteiger partial charge on any atom is -0.305 e. The second-order valence-electron chi connectivity index (χ2n) is 4.88. The first-order chi connectivity index (χ1) is 9.56. The summed E-state index contributed by atoms with van der Waals surface area (Å²) in [5.41, 5.74) is 1.90. The Labute approximate surface area is 123 Å². The maximum Gasteiger partial charge on any atom is 0.180 e. The monoisotopic (exact) mass is 307 g/mol. The van der Waals surface area contributed by atoms with E-state index in [4.69, 9.17) is 11.6 Å². The predicted molar refractivity (Wildman–Crippen MR) is 79.5 cm³/mol. The van der Waals surface area contributed by atoms with Crippen LogP contribution in [0.4, 0.5) is 0 Å². The molecule has 1 aliphatic rings. The molecule has 2 aromatic rings. The third-order valence-electron chi connectivity index (χ3n) is 3.46. The fourth-order valence-corrected chi connectivity index (χ4v) is 4.49. The van der Waals surface area contributed by atoms with Gasteiger partial charge in [-0.05, 0) is 29.3 Å². The van der Waals surface area contributed by atoms with E-state index in [1.807, 2.05) is 36.4 Å². The maximum atomic E-state index is 12.1. The Hall–Kier alpha value is -1.36. The number of fused-ring (bicyclic) bond motifs is 1. The number of hydrogen-bond acceptors (Lipinski definition) is 3. The number of hydrogen-bond donors (Lipinski definition) is 1. The molecule has 1 unspecified atom stereocenters. The molecule has 20 heavy (non-hydrogen) atoms. The van der Waals surface area contributed by atoms with Gasteiger partial charge in [0.1, 0.15) is 0 Å². The second-order valence-corrected chi connectivity index (χ2v) is 7.32. The van der Waals surface area contributed by atoms with Crippen molar-refractivity contribution < 1.29 is 8.42 Å². The molecule has 104 valence electrons. The van der Waals surface area contributed by atoms with Crippen LogP contribution in [0.1, 0.15) is 17.2 Å². The van der Waals surface area contributed by atoms with Crippen molar-refractivity contribution in [3.63, 3.8) is 0 Å². The van der Waals surface area contributed by atoms with E-state index < -0.39 is 9.84 Å². The van der Waals surface area contributed by atoms with Crippen molar-refractivity contribution in [3.8, 4) is 0 Å². The van der Waals surface area contributed by atoms with Gasteiger partial charge in [-0.25, -0.2) is 8.42 Å². The van der Waals surface area contributed by atoms with Crippen LogP contribution in [-0.2, 0) is 16.4 Å². The molecule has 1 atom stereocenters. The third-order valence-corrected chi connectivity index (χ3v) is 5.51. The summed E-state index contributed by atoms with van der Waals surface area (Å²) in [4.78, 5) is 0.448. The van der Waals surface area contributed by atoms with Crippen LogP contribution in [0, 0.1) is 0 Å². The smallest absolute Gasteiger partial charge is 0.180 e. The van der Waals surface area contributed by atoms with Crippen molar-refractivity contribution in [1.82, 2.24) is 5.32 Å². The van der Waals surface area contributed by atoms with Crippen molar-refractivity contribution in [2.45, 2.75) is 17.5 Å². The average Bonchev–Trinajstić information content (AvgIpc) is 2.69. The highest BCUT2D eigenvalue weighted by atomic mass is 35.5. The van der Waals surface area contributed by atoms with Crippen molar-refractivity contribution in [2.75, 3.05) is 5.75 Å². The molecule has 0 aromatic heterocycles. The van der Waals surface area contributed by atoms with Gasteiger partial charge < -0.3 is 5.32 Å². The Morgan fingerprint density at radius 2 is 1.95 bits per heavy atom. The number of nitrogens with one attached hydrogen (secondary N) is 1. The molecule has 1 N–H and O–H groups in total. The molecule has 1 aliphatic heterocycles. The summed E-state index contributed by atoms with van der Waals surface area (Å²) in [6.45, 7) is 0.592. The largest absolute Gasteiger partial charge is 0.305 e. The van der Waals surface area contributed by atoms with Gasteiger partial charge in [0, 0.05) is 17.6 Å². The van der Waals surface area contributed by atoms with E-state index in [0.717, 1.165) is 11.1 Å². The van der Waals surface area contributed by atoms with Crippen LogP contribution >= 0.6 is 11.6 Å². The molecule has 0 amide bonds. The van der Waals surface area contributed by atoms with Crippen LogP contribution in [0.5, 0.6) is 0 Å². The highest BCUT2D eigenvalue weighted by Crippen LogP contribution is 2.33. The van der Waals surface area contributed by atoms with Gasteiger partial charge in [0.2, 0.25) is 0 Å². The van der Waals surface area contributed by atoms with Crippen molar-refractivity contribution in [1.29, 1.82) is 0 Å². The molecule has 0 bridgehead atoms. The van der Waals surface area contributed by atoms with E-state index in [2.05, 4.69) is 5.32 Å². The zero-order valence-corrected chi connectivity index (χ0v) is 12.3. The minimum absolute atomic E-state index is 0.118. The molecule has 2 aromatic carbocycles. The molecular formula is C15H14ClNO2S. The lowest BCUT2D eigenvalue weighted by Gasteiger charge is -2.12. The van der Waals surface area contributed by atoms with Crippen molar-refractivity contribution >= 4 is 21.4 Å². The normalized spacial score (nSPS) is 19.8. The number of benzene rings is 2. The van der Waals surface area contributed by atoms with E-state index in [1.54, 1.807) is 12.1 Å². The van der Waals surface area contributed by atoms with E-state index in [9.17, 15) is 8.42 Å². The summed E-state index contributed by atoms with van der Waals surface area (Å²) in [6, 6.07) is 14.6. The van der Waals surface area contributed by atoms with E-state index in [0.29, 0.717) is 16.5 Å². The van der Waals surface area contributed by atoms with Gasteiger partial charge in [-0.1, -0.05) is 41.9 Å². The fraction of sp³-hybridized carbons (Fsp3) is 0.200. The summed E-state index contributed by atoms with van der Waals surface area (Å²) in [7, 11) is -3.16. The lowest BCUT2D eigenvalue weighted by Crippen LogP contribution is -2.22. The molecular weight excluding hydrogens is 294 g/mol. The Bertz CT molecular complexity index is 743. The summed E-state index contributed by atoms with van der Waals surface area (Å²) in [6.07, 6.45) is 0. The quantitative estimate of drug-likeness (QED) is 0.948. The molecule has 1 heterocycles. The third kappa shape index (κ3) is 2.59. The highest BCUT2D eigenvalue weighted by molar-refractivity contribution is 7.91. The van der Waals surface area contributed by atoms with Crippen molar-refractivity contribution in [3.05, 3.63) is 64.7 Å². The Morgan fingerprint density at radius 1 is 1.15 bits per heavy atom. The van der Waals surface area contributed by atoms with Gasteiger partial charge in [-0.3, -0.25) is 0 Å². The summed E-state index contributed by atoms with van der Waals surface area (Å²) in [5, 5.41) is 3.98. The summed E-state index contributed by atoms with van der Waals surface area (Å²) < 4.78 is 24.1. The first-order valence-corrected chi connectivity index (χ1v) is 8.39. The Morgan fingerprint density at radius 3 is 2.75 bits per heavy atom. The predicted octanol–water partition coefficient (Wildman–Crippen LogP) is 2.96. The van der Waals surface area contributed by atoms with Gasteiger partial charge in [0.15, 0.2) is 9.84 Å². The van der Waals surface area contributed by atoms with E-state index >= 15 is 0 Å². The fourth-order valence-electron chi connectivity index (χ4n) is 2.51. The number of halogens is 1. The number of sulfone groups is 1. The van der Waals surface area contributed by atoms with Crippen LogP contribution in [0.2, 0.25) is 5.02 Å². The lowest BCUT2D eigenvalue weighted by molar-refractivity contribution is 0.566. The molecule has 0 spiro atoms. The molecule has 5 heteroatoms. The maximum absolute atomic E-state index is 12.1. The molecule has 0 saturated carbocycles. The van der Waals surface area contributed by atoms with Crippen LogP contribution in [0.3, 0.4) is 0 Å². The molecule has 3 nitrogen and oxygen atoms in total. The van der Waals surface area contributed by atoms with Gasteiger partial charge in [-0.2, -0.15) is 0 Å². The lowest BCUT2D eigenvalue weighted by atomic mass is 10.1. The second kappa shape index (κ2) is 5.20. The molecule has 0 radical (unpaired) electrons. The zero-order valence-electron chi connectivity index (χ0n) is 10.7. The van der Waals surface area contributed by atoms with Gasteiger partial charge in [-0.15, -0.1) is 0 Å². The van der Waals surface area contributed by atoms with Crippen LogP contribution in [0.25, 0.3) is 0 Å². The first kappa shape index (κ1) is 13.6. The first-order valence-electron chi connectivity index (χ1n) is 6.36. The van der Waals surface area contributed by atoms with Crippen LogP contribution in [0.15, 0.2) is 53.4 Å². The Kier molecular flexibility index (Phi) is 3.54. The topological polar surface area (TPSA) is 46.2 Å². The van der Waals surface area contributed by atoms with Crippen LogP contribution in [-0.4, -0.2) is 14.2 Å². The van der Waals surface area contributed by atoms with Gasteiger partial charge in [0.05, 0.1) is 10.6 Å². The molecule has 0 saturated heterocycles. The average molecular weight is 308 g/mol. The van der Waals surface area contributed by atoms with E-state index in [1.165, 1.54) is 0 Å². The highest BCUT2D eigenvalue weighted by Gasteiger charge is 2.33. The number of rotatable bonds is 3. The Balaban J connectivity index is 1.80. The van der Waals surface area contributed by atoms with Gasteiger partial charge >= 0.3 is 0 Å².